The maximum atomic E-state index is 15.5. The summed E-state index contributed by atoms with van der Waals surface area (Å²) in [4.78, 5) is 56.8. The number of benzene rings is 2. The van der Waals surface area contributed by atoms with Crippen LogP contribution in [0.4, 0.5) is 10.1 Å². The Bertz CT molecular complexity index is 2160. The van der Waals surface area contributed by atoms with E-state index in [9.17, 15) is 19.2 Å². The highest BCUT2D eigenvalue weighted by molar-refractivity contribution is 6.39. The van der Waals surface area contributed by atoms with Gasteiger partial charge in [-0.05, 0) is 43.0 Å². The highest BCUT2D eigenvalue weighted by Gasteiger charge is 2.51. The molecule has 7 rings (SSSR count). The Morgan fingerprint density at radius 1 is 1.08 bits per heavy atom. The minimum Gasteiger partial charge on any atom is -0.481 e. The zero-order chi connectivity index (χ0) is 34.1. The Labute approximate surface area is 284 Å². The molecule has 2 saturated heterocycles. The number of pyridine rings is 1. The van der Waals surface area contributed by atoms with Crippen molar-refractivity contribution < 1.29 is 18.7 Å². The van der Waals surface area contributed by atoms with Crippen LogP contribution < -0.4 is 26.6 Å². The van der Waals surface area contributed by atoms with E-state index >= 15 is 4.39 Å². The number of fused-ring (bicyclic) bond motifs is 1. The molecule has 0 saturated carbocycles. The first-order chi connectivity index (χ1) is 22.9. The Hall–Kier alpha value is -4.52. The predicted octanol–water partition coefficient (Wildman–Crippen LogP) is 4.47. The van der Waals surface area contributed by atoms with Crippen molar-refractivity contribution in [1.82, 2.24) is 24.3 Å². The number of carbonyl (C=O) groups is 2. The first-order valence-corrected chi connectivity index (χ1v) is 16.1. The van der Waals surface area contributed by atoms with Crippen LogP contribution in [0.15, 0.2) is 52.2 Å². The molecule has 1 aliphatic carbocycles. The maximum absolute atomic E-state index is 15.5. The number of nitrogens with zero attached hydrogens (tertiary/aromatic N) is 4. The first-order valence-electron chi connectivity index (χ1n) is 15.4. The zero-order valence-electron chi connectivity index (χ0n) is 26.3. The molecule has 1 unspecified atom stereocenters. The van der Waals surface area contributed by atoms with Crippen molar-refractivity contribution >= 4 is 40.7 Å². The van der Waals surface area contributed by atoms with Crippen molar-refractivity contribution in [2.75, 3.05) is 25.5 Å². The lowest BCUT2D eigenvalue weighted by Crippen LogP contribution is -2.67. The summed E-state index contributed by atoms with van der Waals surface area (Å²) >= 11 is 13.7. The molecule has 0 bridgehead atoms. The van der Waals surface area contributed by atoms with E-state index in [1.54, 1.807) is 25.3 Å². The Morgan fingerprint density at radius 2 is 1.83 bits per heavy atom. The fraction of sp³-hybridized carbons (Fsp3) is 0.324. The van der Waals surface area contributed by atoms with E-state index < -0.39 is 23.0 Å². The summed E-state index contributed by atoms with van der Waals surface area (Å²) in [5.74, 6) is -0.903. The number of halogens is 3. The summed E-state index contributed by atoms with van der Waals surface area (Å²) in [7, 11) is 4.26. The molecular weight excluding hydrogens is 662 g/mol. The van der Waals surface area contributed by atoms with E-state index in [2.05, 4.69) is 15.5 Å². The molecule has 11 nitrogen and oxygen atoms in total. The van der Waals surface area contributed by atoms with E-state index in [1.165, 1.54) is 20.2 Å². The van der Waals surface area contributed by atoms with Gasteiger partial charge in [0.15, 0.2) is 0 Å². The quantitative estimate of drug-likeness (QED) is 0.305. The van der Waals surface area contributed by atoms with E-state index in [4.69, 9.17) is 32.9 Å². The molecule has 0 radical (unpaired) electrons. The lowest BCUT2D eigenvalue weighted by Gasteiger charge is -2.50. The van der Waals surface area contributed by atoms with Crippen molar-refractivity contribution in [3.63, 3.8) is 0 Å². The fourth-order valence-electron chi connectivity index (χ4n) is 7.18. The number of aromatic nitrogens is 3. The largest absolute Gasteiger partial charge is 0.481 e. The average molecular weight is 694 g/mol. The molecule has 2 aromatic carbocycles. The van der Waals surface area contributed by atoms with Crippen LogP contribution in [0, 0.1) is 5.82 Å². The van der Waals surface area contributed by atoms with Crippen molar-refractivity contribution in [2.24, 2.45) is 14.1 Å². The Morgan fingerprint density at radius 3 is 2.54 bits per heavy atom. The van der Waals surface area contributed by atoms with Gasteiger partial charge in [-0.15, -0.1) is 0 Å². The zero-order valence-corrected chi connectivity index (χ0v) is 27.8. The van der Waals surface area contributed by atoms with E-state index in [-0.39, 0.29) is 49.9 Å². The van der Waals surface area contributed by atoms with Gasteiger partial charge in [-0.3, -0.25) is 23.9 Å². The number of hydrogen-bond donors (Lipinski definition) is 2. The molecule has 2 fully saturated rings. The van der Waals surface area contributed by atoms with Gasteiger partial charge in [-0.1, -0.05) is 41.4 Å². The molecular formula is C34H31Cl2FN6O5. The van der Waals surface area contributed by atoms with Crippen LogP contribution in [0.5, 0.6) is 5.88 Å². The van der Waals surface area contributed by atoms with Gasteiger partial charge >= 0.3 is 5.69 Å². The van der Waals surface area contributed by atoms with Crippen molar-refractivity contribution in [3.8, 4) is 28.3 Å². The minimum absolute atomic E-state index is 0.0451. The number of hydrogen-bond acceptors (Lipinski definition) is 7. The second kappa shape index (κ2) is 11.9. The Kier molecular flexibility index (Phi) is 7.92. The standard InChI is InChI=1S/C34H31Cl2FN6O5/c1-41-14-20(32(46)42(2)33(41)47)30(45)38-22-9-8-21(37)27(29(22)36)19-6-4-5-18(28(19)35)23-13-17-7-10-24(26(17)31(39-23)48-3)43-15-34(16-43)12-11-25(44)40-34/h4-6,8-9,13-14,24H,7,10-12,15-16H2,1-3H3,(H,38,45)(H,40,44). The van der Waals surface area contributed by atoms with Gasteiger partial charge in [-0.2, -0.15) is 0 Å². The van der Waals surface area contributed by atoms with Crippen molar-refractivity contribution in [3.05, 3.63) is 96.0 Å². The number of nitrogens with one attached hydrogen (secondary N) is 2. The van der Waals surface area contributed by atoms with Gasteiger partial charge < -0.3 is 19.9 Å². The lowest BCUT2D eigenvalue weighted by molar-refractivity contribution is -0.121. The third-order valence-electron chi connectivity index (χ3n) is 9.58. The molecule has 2 amide bonds. The fourth-order valence-corrected chi connectivity index (χ4v) is 7.80. The number of rotatable bonds is 6. The molecule has 2 N–H and O–H groups in total. The molecule has 4 heterocycles. The van der Waals surface area contributed by atoms with Gasteiger partial charge in [0, 0.05) is 68.1 Å². The van der Waals surface area contributed by atoms with Crippen LogP contribution in [0.3, 0.4) is 0 Å². The topological polar surface area (TPSA) is 128 Å². The number of likely N-dealkylation sites (tertiary alicyclic amines) is 1. The third-order valence-corrected chi connectivity index (χ3v) is 10.4. The molecule has 14 heteroatoms. The normalized spacial score (nSPS) is 18.0. The van der Waals surface area contributed by atoms with Crippen LogP contribution in [-0.2, 0) is 25.3 Å². The van der Waals surface area contributed by atoms with Crippen molar-refractivity contribution in [1.29, 1.82) is 0 Å². The van der Waals surface area contributed by atoms with E-state index in [0.29, 0.717) is 23.6 Å². The van der Waals surface area contributed by atoms with Crippen LogP contribution in [0.25, 0.3) is 22.4 Å². The van der Waals surface area contributed by atoms with Gasteiger partial charge in [0.25, 0.3) is 11.5 Å². The maximum Gasteiger partial charge on any atom is 0.330 e. The highest BCUT2D eigenvalue weighted by Crippen LogP contribution is 2.48. The summed E-state index contributed by atoms with van der Waals surface area (Å²) in [6, 6.07) is 9.64. The van der Waals surface area contributed by atoms with Gasteiger partial charge in [0.05, 0.1) is 34.1 Å². The number of ether oxygens (including phenoxy) is 1. The van der Waals surface area contributed by atoms with Crippen LogP contribution >= 0.6 is 23.2 Å². The molecule has 4 aromatic rings. The second-order valence-corrected chi connectivity index (χ2v) is 13.3. The third kappa shape index (κ3) is 5.19. The molecule has 3 aliphatic rings. The second-order valence-electron chi connectivity index (χ2n) is 12.6. The smallest absolute Gasteiger partial charge is 0.330 e. The molecule has 48 heavy (non-hydrogen) atoms. The van der Waals surface area contributed by atoms with Gasteiger partial charge in [0.2, 0.25) is 11.8 Å². The monoisotopic (exact) mass is 692 g/mol. The summed E-state index contributed by atoms with van der Waals surface area (Å²) in [6.07, 6.45) is 4.24. The summed E-state index contributed by atoms with van der Waals surface area (Å²) < 4.78 is 23.2. The number of anilines is 1. The van der Waals surface area contributed by atoms with Crippen LogP contribution in [-0.4, -0.2) is 56.6 Å². The number of aryl methyl sites for hydroxylation is 2. The average Bonchev–Trinajstić information content (AvgIpc) is 3.66. The van der Waals surface area contributed by atoms with Crippen LogP contribution in [0.2, 0.25) is 10.0 Å². The molecule has 2 aliphatic heterocycles. The number of carbonyl (C=O) groups excluding carboxylic acids is 2. The minimum atomic E-state index is -0.820. The molecule has 248 valence electrons. The van der Waals surface area contributed by atoms with E-state index in [0.717, 1.165) is 64.9 Å². The number of methoxy groups -OCH3 is 1. The van der Waals surface area contributed by atoms with Crippen LogP contribution in [0.1, 0.15) is 46.8 Å². The Balaban J connectivity index is 1.21. The first kappa shape index (κ1) is 32.0. The van der Waals surface area contributed by atoms with E-state index in [1.807, 2.05) is 6.07 Å². The summed E-state index contributed by atoms with van der Waals surface area (Å²) in [5.41, 5.74) is 1.66. The lowest BCUT2D eigenvalue weighted by atomic mass is 9.86. The molecule has 1 spiro atoms. The number of amides is 2. The highest BCUT2D eigenvalue weighted by atomic mass is 35.5. The summed E-state index contributed by atoms with van der Waals surface area (Å²) in [5, 5.41) is 5.77. The van der Waals surface area contributed by atoms with Crippen molar-refractivity contribution in [2.45, 2.75) is 37.3 Å². The SMILES string of the molecule is COc1nc(-c2cccc(-c3c(F)ccc(NC(=O)c4cn(C)c(=O)n(C)c4=O)c3Cl)c2Cl)cc2c1C(N1CC3(CCC(=O)N3)C1)CC2. The van der Waals surface area contributed by atoms with Gasteiger partial charge in [-0.25, -0.2) is 14.2 Å². The van der Waals surface area contributed by atoms with Gasteiger partial charge in [0.1, 0.15) is 11.4 Å². The predicted molar refractivity (Wildman–Crippen MR) is 179 cm³/mol. The molecule has 1 atom stereocenters. The summed E-state index contributed by atoms with van der Waals surface area (Å²) in [6.45, 7) is 1.57. The molecule has 2 aromatic heterocycles.